The van der Waals surface area contributed by atoms with Gasteiger partial charge in [-0.2, -0.15) is 0 Å². The van der Waals surface area contributed by atoms with E-state index in [1.54, 1.807) is 66.7 Å². The number of esters is 1. The lowest BCUT2D eigenvalue weighted by molar-refractivity contribution is -0.123. The van der Waals surface area contributed by atoms with Crippen molar-refractivity contribution in [2.75, 3.05) is 14.2 Å². The molecule has 36 heavy (non-hydrogen) atoms. The van der Waals surface area contributed by atoms with Crippen molar-refractivity contribution in [1.29, 1.82) is 0 Å². The molecule has 7 nitrogen and oxygen atoms in total. The zero-order valence-electron chi connectivity index (χ0n) is 19.1. The molecule has 0 saturated carbocycles. The molecule has 10 heteroatoms. The number of benzene rings is 3. The molecule has 1 fully saturated rings. The summed E-state index contributed by atoms with van der Waals surface area (Å²) in [7, 11) is 2.97. The molecule has 0 aliphatic carbocycles. The number of halogens is 2. The molecule has 0 radical (unpaired) electrons. The van der Waals surface area contributed by atoms with Gasteiger partial charge in [0.1, 0.15) is 5.75 Å². The van der Waals surface area contributed by atoms with Crippen LogP contribution >= 0.6 is 35.0 Å². The van der Waals surface area contributed by atoms with Crippen molar-refractivity contribution in [2.24, 2.45) is 0 Å². The molecule has 1 aliphatic rings. The molecule has 0 aromatic heterocycles. The second-order valence-corrected chi connectivity index (χ2v) is 9.30. The monoisotopic (exact) mass is 543 g/mol. The van der Waals surface area contributed by atoms with Crippen molar-refractivity contribution in [1.82, 2.24) is 4.90 Å². The van der Waals surface area contributed by atoms with Gasteiger partial charge in [-0.1, -0.05) is 35.3 Å². The molecule has 0 atom stereocenters. The maximum Gasteiger partial charge on any atom is 0.343 e. The van der Waals surface area contributed by atoms with Gasteiger partial charge in [-0.25, -0.2) is 4.79 Å². The number of hydrogen-bond donors (Lipinski definition) is 0. The second-order valence-electron chi connectivity index (χ2n) is 7.50. The number of methoxy groups -OCH3 is 2. The predicted molar refractivity (Wildman–Crippen MR) is 139 cm³/mol. The average molecular weight is 544 g/mol. The summed E-state index contributed by atoms with van der Waals surface area (Å²) in [6.07, 6.45) is 1.57. The SMILES string of the molecule is COc1ccc(C(=O)Oc2ccc(/C=C3\SC(=O)N(Cc4c(Cl)cccc4Cl)C3=O)cc2OC)cc1. The first-order chi connectivity index (χ1) is 17.3. The van der Waals surface area contributed by atoms with Gasteiger partial charge in [-0.05, 0) is 71.9 Å². The number of hydrogen-bond acceptors (Lipinski definition) is 7. The number of rotatable bonds is 7. The van der Waals surface area contributed by atoms with Gasteiger partial charge in [-0.3, -0.25) is 14.5 Å². The average Bonchev–Trinajstić information content (AvgIpc) is 3.14. The Morgan fingerprint density at radius 3 is 2.28 bits per heavy atom. The summed E-state index contributed by atoms with van der Waals surface area (Å²) in [6, 6.07) is 16.3. The fraction of sp³-hybridized carbons (Fsp3) is 0.115. The number of carbonyl (C=O) groups is 3. The van der Waals surface area contributed by atoms with Gasteiger partial charge in [0.15, 0.2) is 11.5 Å². The van der Waals surface area contributed by atoms with E-state index < -0.39 is 17.1 Å². The minimum absolute atomic E-state index is 0.0376. The summed E-state index contributed by atoms with van der Waals surface area (Å²) < 4.78 is 15.9. The van der Waals surface area contributed by atoms with Crippen LogP contribution < -0.4 is 14.2 Å². The number of nitrogens with zero attached hydrogens (tertiary/aromatic N) is 1. The van der Waals surface area contributed by atoms with Crippen LogP contribution in [0.25, 0.3) is 6.08 Å². The lowest BCUT2D eigenvalue weighted by Gasteiger charge is -2.14. The highest BCUT2D eigenvalue weighted by atomic mass is 35.5. The first-order valence-electron chi connectivity index (χ1n) is 10.5. The molecule has 1 saturated heterocycles. The Morgan fingerprint density at radius 1 is 0.944 bits per heavy atom. The third-order valence-electron chi connectivity index (χ3n) is 5.27. The smallest absolute Gasteiger partial charge is 0.343 e. The molecule has 0 unspecified atom stereocenters. The van der Waals surface area contributed by atoms with Crippen molar-refractivity contribution < 1.29 is 28.6 Å². The minimum Gasteiger partial charge on any atom is -0.497 e. The summed E-state index contributed by atoms with van der Waals surface area (Å²) >= 11 is 13.2. The Balaban J connectivity index is 1.52. The number of carbonyl (C=O) groups excluding carboxylic acids is 3. The van der Waals surface area contributed by atoms with Gasteiger partial charge in [-0.15, -0.1) is 0 Å². The van der Waals surface area contributed by atoms with E-state index in [0.29, 0.717) is 32.5 Å². The van der Waals surface area contributed by atoms with Crippen LogP contribution in [-0.2, 0) is 11.3 Å². The number of imide groups is 1. The van der Waals surface area contributed by atoms with Crippen LogP contribution in [0.2, 0.25) is 10.0 Å². The highest BCUT2D eigenvalue weighted by molar-refractivity contribution is 8.18. The molecule has 3 aromatic rings. The summed E-state index contributed by atoms with van der Waals surface area (Å²) in [5.74, 6) is 0.0792. The van der Waals surface area contributed by atoms with Gasteiger partial charge in [0.05, 0.1) is 31.2 Å². The minimum atomic E-state index is -0.567. The third-order valence-corrected chi connectivity index (χ3v) is 6.88. The largest absolute Gasteiger partial charge is 0.497 e. The summed E-state index contributed by atoms with van der Waals surface area (Å²) in [6.45, 7) is -0.0376. The lowest BCUT2D eigenvalue weighted by Crippen LogP contribution is -2.27. The van der Waals surface area contributed by atoms with Gasteiger partial charge in [0, 0.05) is 15.6 Å². The van der Waals surface area contributed by atoms with Crippen LogP contribution in [0.4, 0.5) is 4.79 Å². The van der Waals surface area contributed by atoms with Crippen LogP contribution in [0.5, 0.6) is 17.2 Å². The molecule has 2 amide bonds. The fourth-order valence-corrected chi connectivity index (χ4v) is 4.73. The van der Waals surface area contributed by atoms with Crippen LogP contribution in [0, 0.1) is 0 Å². The van der Waals surface area contributed by atoms with E-state index in [2.05, 4.69) is 0 Å². The summed E-state index contributed by atoms with van der Waals surface area (Å²) in [4.78, 5) is 39.3. The quantitative estimate of drug-likeness (QED) is 0.192. The van der Waals surface area contributed by atoms with Crippen molar-refractivity contribution in [3.8, 4) is 17.2 Å². The zero-order chi connectivity index (χ0) is 25.8. The van der Waals surface area contributed by atoms with Crippen molar-refractivity contribution in [2.45, 2.75) is 6.54 Å². The maximum absolute atomic E-state index is 12.9. The molecule has 0 N–H and O–H groups in total. The Hall–Kier alpha value is -3.46. The van der Waals surface area contributed by atoms with E-state index in [1.165, 1.54) is 14.2 Å². The van der Waals surface area contributed by atoms with Gasteiger partial charge < -0.3 is 14.2 Å². The highest BCUT2D eigenvalue weighted by Gasteiger charge is 2.35. The van der Waals surface area contributed by atoms with Gasteiger partial charge in [0.2, 0.25) is 0 Å². The van der Waals surface area contributed by atoms with Gasteiger partial charge >= 0.3 is 5.97 Å². The third kappa shape index (κ3) is 5.51. The number of thioether (sulfide) groups is 1. The van der Waals surface area contributed by atoms with Crippen LogP contribution in [-0.4, -0.2) is 36.2 Å². The molecule has 0 bridgehead atoms. The molecular formula is C26H19Cl2NO6S. The van der Waals surface area contributed by atoms with E-state index in [-0.39, 0.29) is 22.9 Å². The van der Waals surface area contributed by atoms with E-state index in [0.717, 1.165) is 16.7 Å². The van der Waals surface area contributed by atoms with Gasteiger partial charge in [0.25, 0.3) is 11.1 Å². The molecule has 4 rings (SSSR count). The molecule has 0 spiro atoms. The fourth-order valence-electron chi connectivity index (χ4n) is 3.37. The predicted octanol–water partition coefficient (Wildman–Crippen LogP) is 6.47. The van der Waals surface area contributed by atoms with E-state index in [1.807, 2.05) is 0 Å². The topological polar surface area (TPSA) is 82.1 Å². The van der Waals surface area contributed by atoms with Crippen molar-refractivity contribution in [3.05, 3.63) is 92.3 Å². The normalized spacial score (nSPS) is 14.3. The Bertz CT molecular complexity index is 1350. The van der Waals surface area contributed by atoms with E-state index in [9.17, 15) is 14.4 Å². The van der Waals surface area contributed by atoms with E-state index in [4.69, 9.17) is 37.4 Å². The van der Waals surface area contributed by atoms with Crippen LogP contribution in [0.15, 0.2) is 65.6 Å². The molecule has 3 aromatic carbocycles. The molecule has 1 aliphatic heterocycles. The Morgan fingerprint density at radius 2 is 1.64 bits per heavy atom. The number of ether oxygens (including phenoxy) is 3. The Kier molecular flexibility index (Phi) is 7.88. The lowest BCUT2D eigenvalue weighted by atomic mass is 10.1. The van der Waals surface area contributed by atoms with E-state index >= 15 is 0 Å². The first kappa shape index (κ1) is 25.6. The van der Waals surface area contributed by atoms with Crippen LogP contribution in [0.3, 0.4) is 0 Å². The maximum atomic E-state index is 12.9. The second kappa shape index (κ2) is 11.1. The zero-order valence-corrected chi connectivity index (χ0v) is 21.4. The molecule has 1 heterocycles. The van der Waals surface area contributed by atoms with Crippen molar-refractivity contribution >= 4 is 58.2 Å². The van der Waals surface area contributed by atoms with Crippen LogP contribution in [0.1, 0.15) is 21.5 Å². The van der Waals surface area contributed by atoms with Crippen molar-refractivity contribution in [3.63, 3.8) is 0 Å². The summed E-state index contributed by atoms with van der Waals surface area (Å²) in [5.41, 5.74) is 1.42. The summed E-state index contributed by atoms with van der Waals surface area (Å²) in [5, 5.41) is 0.310. The number of amides is 2. The standard InChI is InChI=1S/C26H19Cl2NO6S/c1-33-17-9-7-16(8-10-17)25(31)35-21-11-6-15(12-22(21)34-2)13-23-24(30)29(26(32)36-23)14-18-19(27)4-3-5-20(18)28/h3-13H,14H2,1-2H3/b23-13-. The molecular weight excluding hydrogens is 525 g/mol. The molecule has 184 valence electrons. The highest BCUT2D eigenvalue weighted by Crippen LogP contribution is 2.37. The Labute approximate surface area is 221 Å². The first-order valence-corrected chi connectivity index (χ1v) is 12.1.